The van der Waals surface area contributed by atoms with E-state index in [1.165, 1.54) is 19.2 Å². The van der Waals surface area contributed by atoms with Crippen LogP contribution in [0.3, 0.4) is 0 Å². The predicted octanol–water partition coefficient (Wildman–Crippen LogP) is 3.86. The fourth-order valence-electron chi connectivity index (χ4n) is 1.74. The molecule has 0 atom stereocenters. The molecule has 0 aromatic heterocycles. The zero-order valence-electron chi connectivity index (χ0n) is 13.6. The lowest BCUT2D eigenvalue weighted by molar-refractivity contribution is 0.0600. The molecule has 1 amide bonds. The summed E-state index contributed by atoms with van der Waals surface area (Å²) in [7, 11) is 1.31. The van der Waals surface area contributed by atoms with E-state index in [0.29, 0.717) is 17.9 Å². The molecule has 5 nitrogen and oxygen atoms in total. The van der Waals surface area contributed by atoms with Crippen LogP contribution in [0, 0.1) is 0 Å². The molecule has 0 unspecified atom stereocenters. The number of ether oxygens (including phenoxy) is 2. The van der Waals surface area contributed by atoms with Crippen LogP contribution < -0.4 is 10.1 Å². The zero-order valence-corrected chi connectivity index (χ0v) is 13.6. The van der Waals surface area contributed by atoms with Crippen LogP contribution in [0.4, 0.5) is 4.79 Å². The van der Waals surface area contributed by atoms with Gasteiger partial charge in [-0.05, 0) is 43.5 Å². The predicted molar refractivity (Wildman–Crippen MR) is 89.6 cm³/mol. The highest BCUT2D eigenvalue weighted by Gasteiger charge is 2.06. The van der Waals surface area contributed by atoms with Gasteiger partial charge in [0.25, 0.3) is 0 Å². The molecular weight excluding hydrogens is 294 g/mol. The third kappa shape index (κ3) is 7.85. The molecule has 0 aliphatic rings. The maximum atomic E-state index is 11.6. The van der Waals surface area contributed by atoms with Gasteiger partial charge in [0, 0.05) is 6.54 Å². The largest absolute Gasteiger partial charge is 0.465 e. The van der Waals surface area contributed by atoms with E-state index in [1.807, 2.05) is 12.2 Å². The van der Waals surface area contributed by atoms with Gasteiger partial charge in [0.2, 0.25) is 0 Å². The number of nitrogens with one attached hydrogen (secondary N) is 1. The number of carbonyl (C=O) groups excluding carboxylic acids is 2. The number of hydrogen-bond donors (Lipinski definition) is 1. The molecular formula is C18H23NO4. The van der Waals surface area contributed by atoms with E-state index in [2.05, 4.69) is 29.1 Å². The van der Waals surface area contributed by atoms with Gasteiger partial charge in [-0.2, -0.15) is 0 Å². The first-order valence-electron chi connectivity index (χ1n) is 7.61. The molecule has 1 rings (SSSR count). The average Bonchev–Trinajstić information content (AvgIpc) is 2.57. The van der Waals surface area contributed by atoms with Crippen molar-refractivity contribution < 1.29 is 19.1 Å². The first kappa shape index (κ1) is 18.5. The smallest absolute Gasteiger partial charge is 0.412 e. The van der Waals surface area contributed by atoms with Crippen LogP contribution in [0.2, 0.25) is 0 Å². The molecule has 1 N–H and O–H groups in total. The fraction of sp³-hybridized carbons (Fsp3) is 0.333. The molecule has 0 saturated heterocycles. The van der Waals surface area contributed by atoms with Crippen molar-refractivity contribution in [2.24, 2.45) is 0 Å². The van der Waals surface area contributed by atoms with Crippen molar-refractivity contribution in [1.29, 1.82) is 0 Å². The van der Waals surface area contributed by atoms with Crippen molar-refractivity contribution in [2.75, 3.05) is 13.7 Å². The number of amides is 1. The van der Waals surface area contributed by atoms with Gasteiger partial charge in [-0.3, -0.25) is 0 Å². The second-order valence-electron chi connectivity index (χ2n) is 4.71. The third-order valence-electron chi connectivity index (χ3n) is 2.92. The molecule has 0 spiro atoms. The molecule has 0 heterocycles. The maximum Gasteiger partial charge on any atom is 0.412 e. The summed E-state index contributed by atoms with van der Waals surface area (Å²) in [5.74, 6) is -0.0660. The van der Waals surface area contributed by atoms with E-state index in [1.54, 1.807) is 12.1 Å². The molecule has 1 aromatic carbocycles. The summed E-state index contributed by atoms with van der Waals surface area (Å²) in [6, 6.07) is 6.17. The zero-order chi connectivity index (χ0) is 16.9. The van der Waals surface area contributed by atoms with Crippen LogP contribution in [-0.4, -0.2) is 25.7 Å². The van der Waals surface area contributed by atoms with E-state index < -0.39 is 12.1 Å². The van der Waals surface area contributed by atoms with E-state index >= 15 is 0 Å². The van der Waals surface area contributed by atoms with Crippen LogP contribution >= 0.6 is 0 Å². The normalized spacial score (nSPS) is 10.9. The lowest BCUT2D eigenvalue weighted by Crippen LogP contribution is -2.26. The van der Waals surface area contributed by atoms with Crippen LogP contribution in [0.1, 0.15) is 36.5 Å². The molecule has 0 saturated carbocycles. The van der Waals surface area contributed by atoms with Gasteiger partial charge in [-0.25, -0.2) is 9.59 Å². The Bertz CT molecular complexity index is 547. The van der Waals surface area contributed by atoms with E-state index in [4.69, 9.17) is 4.74 Å². The molecule has 0 aliphatic carbocycles. The fourth-order valence-corrected chi connectivity index (χ4v) is 1.74. The molecule has 0 bridgehead atoms. The van der Waals surface area contributed by atoms with Gasteiger partial charge in [0.15, 0.2) is 0 Å². The van der Waals surface area contributed by atoms with Crippen LogP contribution in [0.5, 0.6) is 5.75 Å². The number of methoxy groups -OCH3 is 1. The minimum absolute atomic E-state index is 0.365. The van der Waals surface area contributed by atoms with Crippen LogP contribution in [0.25, 0.3) is 0 Å². The number of hydrogen-bond acceptors (Lipinski definition) is 4. The van der Waals surface area contributed by atoms with E-state index in [-0.39, 0.29) is 0 Å². The van der Waals surface area contributed by atoms with Crippen molar-refractivity contribution >= 4 is 12.1 Å². The number of esters is 1. The second-order valence-corrected chi connectivity index (χ2v) is 4.71. The summed E-state index contributed by atoms with van der Waals surface area (Å²) in [6.07, 6.45) is 10.7. The van der Waals surface area contributed by atoms with Gasteiger partial charge in [-0.15, -0.1) is 0 Å². The third-order valence-corrected chi connectivity index (χ3v) is 2.92. The Morgan fingerprint density at radius 1 is 1.04 bits per heavy atom. The van der Waals surface area contributed by atoms with Gasteiger partial charge in [0.05, 0.1) is 12.7 Å². The summed E-state index contributed by atoms with van der Waals surface area (Å²) < 4.78 is 9.69. The van der Waals surface area contributed by atoms with Crippen molar-refractivity contribution in [1.82, 2.24) is 5.32 Å². The number of carbonyl (C=O) groups is 2. The lowest BCUT2D eigenvalue weighted by atomic mass is 10.2. The lowest BCUT2D eigenvalue weighted by Gasteiger charge is -2.05. The van der Waals surface area contributed by atoms with Crippen molar-refractivity contribution in [3.05, 3.63) is 54.1 Å². The number of allylic oxidation sites excluding steroid dienone is 3. The molecule has 5 heteroatoms. The van der Waals surface area contributed by atoms with Gasteiger partial charge >= 0.3 is 12.1 Å². The Kier molecular flexibility index (Phi) is 8.90. The first-order chi connectivity index (χ1) is 11.2. The summed E-state index contributed by atoms with van der Waals surface area (Å²) in [5, 5.41) is 2.62. The topological polar surface area (TPSA) is 64.6 Å². The molecule has 0 radical (unpaired) electrons. The highest BCUT2D eigenvalue weighted by Crippen LogP contribution is 2.12. The SMILES string of the molecule is CCC=CCCC=CCNC(=O)Oc1ccc(C(=O)OC)cc1. The number of unbranched alkanes of at least 4 members (excludes halogenated alkanes) is 1. The summed E-state index contributed by atoms with van der Waals surface area (Å²) in [5.41, 5.74) is 0.403. The molecule has 23 heavy (non-hydrogen) atoms. The Morgan fingerprint density at radius 2 is 1.70 bits per heavy atom. The van der Waals surface area contributed by atoms with E-state index in [9.17, 15) is 9.59 Å². The Morgan fingerprint density at radius 3 is 2.30 bits per heavy atom. The molecule has 1 aromatic rings. The molecule has 124 valence electrons. The minimum Gasteiger partial charge on any atom is -0.465 e. The van der Waals surface area contributed by atoms with E-state index in [0.717, 1.165) is 19.3 Å². The van der Waals surface area contributed by atoms with Gasteiger partial charge < -0.3 is 14.8 Å². The van der Waals surface area contributed by atoms with Gasteiger partial charge in [0.1, 0.15) is 5.75 Å². The summed E-state index contributed by atoms with van der Waals surface area (Å²) in [6.45, 7) is 2.52. The van der Waals surface area contributed by atoms with Crippen molar-refractivity contribution in [3.63, 3.8) is 0 Å². The van der Waals surface area contributed by atoms with Crippen LogP contribution in [0.15, 0.2) is 48.6 Å². The standard InChI is InChI=1S/C18H23NO4/c1-3-4-5-6-7-8-9-14-19-18(21)23-16-12-10-15(11-13-16)17(20)22-2/h4-5,8-13H,3,6-7,14H2,1-2H3,(H,19,21). The highest BCUT2D eigenvalue weighted by molar-refractivity contribution is 5.89. The Balaban J connectivity index is 2.27. The quantitative estimate of drug-likeness (QED) is 0.449. The maximum absolute atomic E-state index is 11.6. The number of rotatable bonds is 8. The average molecular weight is 317 g/mol. The minimum atomic E-state index is -0.536. The molecule has 0 aliphatic heterocycles. The van der Waals surface area contributed by atoms with Gasteiger partial charge in [-0.1, -0.05) is 31.2 Å². The van der Waals surface area contributed by atoms with Crippen molar-refractivity contribution in [3.8, 4) is 5.75 Å². The summed E-state index contributed by atoms with van der Waals surface area (Å²) >= 11 is 0. The molecule has 0 fully saturated rings. The monoisotopic (exact) mass is 317 g/mol. The van der Waals surface area contributed by atoms with Crippen molar-refractivity contribution in [2.45, 2.75) is 26.2 Å². The highest BCUT2D eigenvalue weighted by atomic mass is 16.6. The van der Waals surface area contributed by atoms with Crippen LogP contribution in [-0.2, 0) is 4.74 Å². The summed E-state index contributed by atoms with van der Waals surface area (Å²) in [4.78, 5) is 22.9. The first-order valence-corrected chi connectivity index (χ1v) is 7.61. The Hall–Kier alpha value is -2.56. The number of benzene rings is 1. The second kappa shape index (κ2) is 11.1. The Labute approximate surface area is 137 Å².